The van der Waals surface area contributed by atoms with Gasteiger partial charge in [0.2, 0.25) is 0 Å². The van der Waals surface area contributed by atoms with Crippen molar-refractivity contribution in [2.45, 2.75) is 45.3 Å². The minimum absolute atomic E-state index is 0.0867. The summed E-state index contributed by atoms with van der Waals surface area (Å²) in [4.78, 5) is 24.9. The summed E-state index contributed by atoms with van der Waals surface area (Å²) >= 11 is 2.25. The molecule has 2 atom stereocenters. The molecule has 1 aliphatic heterocycles. The first-order chi connectivity index (χ1) is 10.7. The van der Waals surface area contributed by atoms with E-state index in [-0.39, 0.29) is 5.92 Å². The number of benzene rings is 1. The van der Waals surface area contributed by atoms with Crippen molar-refractivity contribution < 1.29 is 19.4 Å². The number of nitrogens with zero attached hydrogens (tertiary/aromatic N) is 1. The van der Waals surface area contributed by atoms with Crippen LogP contribution in [-0.4, -0.2) is 35.2 Å². The molecular weight excluding hydrogens is 409 g/mol. The van der Waals surface area contributed by atoms with Crippen molar-refractivity contribution in [3.63, 3.8) is 0 Å². The fourth-order valence-corrected chi connectivity index (χ4v) is 3.42. The van der Waals surface area contributed by atoms with Gasteiger partial charge < -0.3 is 14.6 Å². The predicted molar refractivity (Wildman–Crippen MR) is 92.7 cm³/mol. The molecule has 0 unspecified atom stereocenters. The molecule has 1 aromatic carbocycles. The summed E-state index contributed by atoms with van der Waals surface area (Å²) in [5.74, 6) is -1.13. The highest BCUT2D eigenvalue weighted by Crippen LogP contribution is 2.28. The maximum absolute atomic E-state index is 12.2. The number of hydrogen-bond acceptors (Lipinski definition) is 4. The third-order valence-corrected chi connectivity index (χ3v) is 4.37. The third-order valence-electron chi connectivity index (χ3n) is 3.70. The molecule has 0 bridgehead atoms. The second-order valence-corrected chi connectivity index (χ2v) is 8.15. The molecule has 1 aromatic rings. The van der Waals surface area contributed by atoms with E-state index >= 15 is 0 Å². The van der Waals surface area contributed by atoms with Crippen LogP contribution in [0, 0.1) is 9.49 Å². The molecule has 1 heterocycles. The predicted octanol–water partition coefficient (Wildman–Crippen LogP) is 2.21. The van der Waals surface area contributed by atoms with E-state index in [9.17, 15) is 14.7 Å². The normalized spacial score (nSPS) is 21.3. The van der Waals surface area contributed by atoms with Crippen LogP contribution in [0.5, 0.6) is 0 Å². The molecule has 0 radical (unpaired) electrons. The summed E-state index contributed by atoms with van der Waals surface area (Å²) in [7, 11) is 0. The van der Waals surface area contributed by atoms with Gasteiger partial charge in [0.25, 0.3) is 0 Å². The molecule has 2 rings (SSSR count). The van der Waals surface area contributed by atoms with E-state index in [1.165, 1.54) is 4.90 Å². The van der Waals surface area contributed by atoms with Gasteiger partial charge in [-0.3, -0.25) is 4.90 Å². The molecular formula is C17H21INO4-. The van der Waals surface area contributed by atoms with E-state index in [4.69, 9.17) is 4.74 Å². The van der Waals surface area contributed by atoms with Crippen LogP contribution in [0.3, 0.4) is 0 Å². The highest BCUT2D eigenvalue weighted by Gasteiger charge is 2.38. The number of amides is 1. The van der Waals surface area contributed by atoms with Gasteiger partial charge in [-0.05, 0) is 79.8 Å². The molecule has 6 heteroatoms. The fourth-order valence-electron chi connectivity index (χ4n) is 2.81. The SMILES string of the molecule is CC(C)(C)OC(=O)N1C[C@H](Cc2cccc(I)c2)C[C@H]1C(=O)[O-]. The first kappa shape index (κ1) is 18.0. The van der Waals surface area contributed by atoms with E-state index in [1.807, 2.05) is 18.2 Å². The van der Waals surface area contributed by atoms with Crippen molar-refractivity contribution in [3.05, 3.63) is 33.4 Å². The Labute approximate surface area is 150 Å². The molecule has 5 nitrogen and oxygen atoms in total. The zero-order valence-corrected chi connectivity index (χ0v) is 15.7. The maximum Gasteiger partial charge on any atom is 0.410 e. The van der Waals surface area contributed by atoms with E-state index in [2.05, 4.69) is 28.7 Å². The third kappa shape index (κ3) is 5.09. The van der Waals surface area contributed by atoms with E-state index in [0.29, 0.717) is 13.0 Å². The number of carboxylic acid groups (broad SMARTS) is 1. The molecule has 0 N–H and O–H groups in total. The first-order valence-corrected chi connectivity index (χ1v) is 8.68. The van der Waals surface area contributed by atoms with Gasteiger partial charge in [0.1, 0.15) is 5.60 Å². The van der Waals surface area contributed by atoms with Crippen molar-refractivity contribution in [1.82, 2.24) is 4.90 Å². The summed E-state index contributed by atoms with van der Waals surface area (Å²) in [6.07, 6.45) is 0.546. The number of carbonyl (C=O) groups is 2. The lowest BCUT2D eigenvalue weighted by Gasteiger charge is -2.28. The molecule has 1 fully saturated rings. The molecule has 1 amide bonds. The van der Waals surface area contributed by atoms with Gasteiger partial charge in [-0.25, -0.2) is 4.79 Å². The number of hydrogen-bond donors (Lipinski definition) is 0. The minimum atomic E-state index is -1.22. The highest BCUT2D eigenvalue weighted by atomic mass is 127. The van der Waals surface area contributed by atoms with E-state index in [0.717, 1.165) is 15.6 Å². The van der Waals surface area contributed by atoms with Gasteiger partial charge in [-0.15, -0.1) is 0 Å². The van der Waals surface area contributed by atoms with Gasteiger partial charge in [0, 0.05) is 10.1 Å². The van der Waals surface area contributed by atoms with E-state index < -0.39 is 23.7 Å². The summed E-state index contributed by atoms with van der Waals surface area (Å²) in [6.45, 7) is 5.66. The van der Waals surface area contributed by atoms with Crippen molar-refractivity contribution in [2.24, 2.45) is 5.92 Å². The fraction of sp³-hybridized carbons (Fsp3) is 0.529. The molecule has 126 valence electrons. The molecule has 1 saturated heterocycles. The van der Waals surface area contributed by atoms with Crippen LogP contribution in [0.15, 0.2) is 24.3 Å². The lowest BCUT2D eigenvalue weighted by molar-refractivity contribution is -0.310. The van der Waals surface area contributed by atoms with Gasteiger partial charge in [-0.2, -0.15) is 0 Å². The Bertz CT molecular complexity index is 597. The summed E-state index contributed by atoms with van der Waals surface area (Å²) in [5.41, 5.74) is 0.492. The monoisotopic (exact) mass is 430 g/mol. The number of carboxylic acids is 1. The van der Waals surface area contributed by atoms with Crippen LogP contribution in [0.4, 0.5) is 4.79 Å². The quantitative estimate of drug-likeness (QED) is 0.690. The van der Waals surface area contributed by atoms with Crippen LogP contribution >= 0.6 is 22.6 Å². The Hall–Kier alpha value is -1.31. The van der Waals surface area contributed by atoms with Crippen molar-refractivity contribution in [2.75, 3.05) is 6.54 Å². The van der Waals surface area contributed by atoms with Crippen LogP contribution < -0.4 is 5.11 Å². The average molecular weight is 430 g/mol. The molecule has 0 aromatic heterocycles. The van der Waals surface area contributed by atoms with Crippen LogP contribution in [0.25, 0.3) is 0 Å². The number of ether oxygens (including phenoxy) is 1. The Balaban J connectivity index is 2.08. The van der Waals surface area contributed by atoms with Crippen LogP contribution in [0.2, 0.25) is 0 Å². The molecule has 1 aliphatic rings. The molecule has 0 saturated carbocycles. The Morgan fingerprint density at radius 1 is 1.39 bits per heavy atom. The first-order valence-electron chi connectivity index (χ1n) is 7.60. The number of carbonyl (C=O) groups excluding carboxylic acids is 2. The van der Waals surface area contributed by atoms with Gasteiger partial charge >= 0.3 is 6.09 Å². The summed E-state index contributed by atoms with van der Waals surface area (Å²) in [6, 6.07) is 7.17. The Kier molecular flexibility index (Phi) is 5.54. The Morgan fingerprint density at radius 2 is 2.09 bits per heavy atom. The zero-order valence-electron chi connectivity index (χ0n) is 13.5. The van der Waals surface area contributed by atoms with Crippen molar-refractivity contribution in [3.8, 4) is 0 Å². The highest BCUT2D eigenvalue weighted by molar-refractivity contribution is 14.1. The number of aliphatic carboxylic acids is 1. The standard InChI is InChI=1S/C17H22INO4/c1-17(2,3)23-16(22)19-10-12(9-14(19)15(20)21)7-11-5-4-6-13(18)8-11/h4-6,8,12,14H,7,9-10H2,1-3H3,(H,20,21)/p-1/t12-,14+/m1/s1. The summed E-state index contributed by atoms with van der Waals surface area (Å²) < 4.78 is 6.45. The average Bonchev–Trinajstić information content (AvgIpc) is 2.81. The second-order valence-electron chi connectivity index (χ2n) is 6.90. The van der Waals surface area contributed by atoms with Crippen LogP contribution in [0.1, 0.15) is 32.8 Å². The smallest absolute Gasteiger partial charge is 0.410 e. The van der Waals surface area contributed by atoms with Gasteiger partial charge in [-0.1, -0.05) is 12.1 Å². The number of likely N-dealkylation sites (tertiary alicyclic amines) is 1. The molecule has 0 aliphatic carbocycles. The minimum Gasteiger partial charge on any atom is -0.548 e. The number of rotatable bonds is 3. The van der Waals surface area contributed by atoms with Crippen molar-refractivity contribution >= 4 is 34.7 Å². The molecule has 0 spiro atoms. The van der Waals surface area contributed by atoms with Gasteiger partial charge in [0.05, 0.1) is 12.0 Å². The maximum atomic E-state index is 12.2. The van der Waals surface area contributed by atoms with Crippen LogP contribution in [-0.2, 0) is 16.0 Å². The number of halogens is 1. The topological polar surface area (TPSA) is 69.7 Å². The van der Waals surface area contributed by atoms with Gasteiger partial charge in [0.15, 0.2) is 0 Å². The lowest BCUT2D eigenvalue weighted by Crippen LogP contribution is -2.48. The molecule has 23 heavy (non-hydrogen) atoms. The van der Waals surface area contributed by atoms with Crippen molar-refractivity contribution in [1.29, 1.82) is 0 Å². The summed E-state index contributed by atoms with van der Waals surface area (Å²) in [5, 5.41) is 11.4. The Morgan fingerprint density at radius 3 is 2.65 bits per heavy atom. The lowest BCUT2D eigenvalue weighted by atomic mass is 9.97. The zero-order chi connectivity index (χ0) is 17.2. The van der Waals surface area contributed by atoms with E-state index in [1.54, 1.807) is 20.8 Å². The second kappa shape index (κ2) is 7.07. The largest absolute Gasteiger partial charge is 0.548 e.